The Hall–Kier alpha value is -3.55. The molecular weight excluding hydrogens is 1030 g/mol. The van der Waals surface area contributed by atoms with Crippen molar-refractivity contribution in [2.75, 3.05) is 38.8 Å². The predicted octanol–water partition coefficient (Wildman–Crippen LogP) is -0.989. The van der Waals surface area contributed by atoms with Crippen molar-refractivity contribution in [3.8, 4) is 0 Å². The summed E-state index contributed by atoms with van der Waals surface area (Å²) < 4.78 is 60.2. The van der Waals surface area contributed by atoms with Crippen LogP contribution in [0.4, 0.5) is 5.69 Å². The van der Waals surface area contributed by atoms with E-state index in [0.717, 1.165) is 38.3 Å². The SMILES string of the molecule is CCCCCCCCCCCC/C=C/[C@@H](O)[C@H](C[C@@H]1O[C@H](CO)[C@@H](O[C@@H]2O[C@H](CO[C@]3(C(=O)O)C[C@H](O)[C@@H](NC(C)=O)[C@H]([C@H](O)[C@H](O)CO)O3)[C@H](O)[C@H](O)[C@H]2O)[C@H](O)[C@H]1O)NS(=O)(=O)c1cccc2c(N(C)C)cccc12. The minimum absolute atomic E-state index is 0.0994. The molecule has 5 rings (SSSR count). The van der Waals surface area contributed by atoms with Gasteiger partial charge in [0.25, 0.3) is 5.79 Å². The molecule has 3 aliphatic heterocycles. The minimum atomic E-state index is -4.46. The molecule has 3 heterocycles. The molecular formula is C52H83N3O21S. The van der Waals surface area contributed by atoms with Crippen molar-refractivity contribution in [3.63, 3.8) is 0 Å². The van der Waals surface area contributed by atoms with Crippen LogP contribution >= 0.6 is 0 Å². The summed E-state index contributed by atoms with van der Waals surface area (Å²) in [6, 6.07) is 7.04. The first kappa shape index (κ1) is 64.3. The number of carbonyl (C=O) groups is 2. The molecule has 2 aromatic carbocycles. The summed E-state index contributed by atoms with van der Waals surface area (Å²) >= 11 is 0. The number of aliphatic carboxylic acids is 1. The first-order chi connectivity index (χ1) is 36.5. The molecule has 25 heteroatoms. The molecule has 3 aliphatic rings. The normalized spacial score (nSPS) is 31.7. The second-order valence-electron chi connectivity index (χ2n) is 20.6. The molecule has 2 aromatic rings. The van der Waals surface area contributed by atoms with Crippen LogP contribution in [0.15, 0.2) is 53.4 Å². The molecule has 438 valence electrons. The number of nitrogens with one attached hydrogen (secondary N) is 2. The minimum Gasteiger partial charge on any atom is -0.477 e. The number of unbranched alkanes of at least 4 members (excludes halogenated alkanes) is 10. The molecule has 3 saturated heterocycles. The lowest BCUT2D eigenvalue weighted by Crippen LogP contribution is -2.68. The number of aliphatic hydroxyl groups is 11. The van der Waals surface area contributed by atoms with Crippen molar-refractivity contribution in [3.05, 3.63) is 48.6 Å². The van der Waals surface area contributed by atoms with Gasteiger partial charge in [0.05, 0.1) is 55.1 Å². The number of rotatable bonds is 30. The van der Waals surface area contributed by atoms with Gasteiger partial charge in [-0.25, -0.2) is 17.9 Å². The van der Waals surface area contributed by atoms with Crippen molar-refractivity contribution in [1.29, 1.82) is 0 Å². The lowest BCUT2D eigenvalue weighted by atomic mass is 9.88. The summed E-state index contributed by atoms with van der Waals surface area (Å²) in [4.78, 5) is 26.5. The van der Waals surface area contributed by atoms with Crippen LogP contribution in [0.3, 0.4) is 0 Å². The average molecular weight is 1120 g/mol. The zero-order chi connectivity index (χ0) is 56.8. The number of fused-ring (bicyclic) bond motifs is 1. The number of sulfonamides is 1. The van der Waals surface area contributed by atoms with E-state index in [1.807, 2.05) is 25.1 Å². The van der Waals surface area contributed by atoms with Crippen molar-refractivity contribution in [2.24, 2.45) is 0 Å². The monoisotopic (exact) mass is 1120 g/mol. The van der Waals surface area contributed by atoms with Crippen LogP contribution in [0, 0.1) is 0 Å². The standard InChI is InChI=1S/C52H83N3O21S/c1-5-6-7-8-9-10-11-12-13-14-15-16-22-34(59)32(54-77(70,71)40-23-18-19-30-31(40)20-17-21-33(30)55(3)4)24-37-43(63)46(66)48(38(27-57)73-37)75-50-47(67)45(65)44(64)39(74-50)28-72-52(51(68)69)25-35(60)41(53-29(2)58)49(76-52)42(62)36(61)26-56/h16-23,32,34-39,41-50,54,56-57,59-67H,5-15,24-28H2,1-4H3,(H,53,58)(H,68,69)/b22-16+/t32-,34+,35-,36+,37-,38+,39+,41+,42+,43-,44-,45-,46+,47+,48+,49+,50-,52+/m0/s1. The first-order valence-electron chi connectivity index (χ1n) is 26.5. The quantitative estimate of drug-likeness (QED) is 0.0330. The lowest BCUT2D eigenvalue weighted by Gasteiger charge is -2.48. The number of benzene rings is 2. The average Bonchev–Trinajstić information content (AvgIpc) is 3.41. The number of aliphatic hydroxyl groups excluding tert-OH is 11. The van der Waals surface area contributed by atoms with Crippen molar-refractivity contribution >= 4 is 38.4 Å². The summed E-state index contributed by atoms with van der Waals surface area (Å²) in [6.45, 7) is 0.241. The fraction of sp³-hybridized carbons (Fsp3) is 0.731. The van der Waals surface area contributed by atoms with E-state index >= 15 is 0 Å². The maximum absolute atomic E-state index is 14.4. The molecule has 0 radical (unpaired) electrons. The van der Waals surface area contributed by atoms with E-state index in [-0.39, 0.29) is 4.90 Å². The van der Waals surface area contributed by atoms with Gasteiger partial charge in [0, 0.05) is 43.9 Å². The lowest BCUT2D eigenvalue weighted by molar-refractivity contribution is -0.356. The maximum atomic E-state index is 14.4. The van der Waals surface area contributed by atoms with Crippen molar-refractivity contribution < 1.29 is 103 Å². The Morgan fingerprint density at radius 3 is 2.05 bits per heavy atom. The van der Waals surface area contributed by atoms with Gasteiger partial charge in [-0.15, -0.1) is 0 Å². The zero-order valence-corrected chi connectivity index (χ0v) is 45.0. The van der Waals surface area contributed by atoms with Gasteiger partial charge >= 0.3 is 5.97 Å². The summed E-state index contributed by atoms with van der Waals surface area (Å²) in [6.07, 6.45) is -14.7. The van der Waals surface area contributed by atoms with Crippen LogP contribution in [0.1, 0.15) is 97.3 Å². The van der Waals surface area contributed by atoms with E-state index in [4.69, 9.17) is 23.7 Å². The highest BCUT2D eigenvalue weighted by Crippen LogP contribution is 2.37. The highest BCUT2D eigenvalue weighted by Gasteiger charge is 2.57. The van der Waals surface area contributed by atoms with Gasteiger partial charge in [0.15, 0.2) is 6.29 Å². The number of hydrogen-bond donors (Lipinski definition) is 14. The molecule has 18 atom stereocenters. The summed E-state index contributed by atoms with van der Waals surface area (Å²) in [5.41, 5.74) is 0.749. The van der Waals surface area contributed by atoms with Crippen LogP contribution in [-0.2, 0) is 43.3 Å². The molecule has 1 amide bonds. The summed E-state index contributed by atoms with van der Waals surface area (Å²) in [7, 11) is -0.822. The number of nitrogens with zero attached hydrogens (tertiary/aromatic N) is 1. The van der Waals surface area contributed by atoms with Crippen LogP contribution in [0.5, 0.6) is 0 Å². The Bertz CT molecular complexity index is 2300. The topological polar surface area (TPSA) is 384 Å². The van der Waals surface area contributed by atoms with Crippen LogP contribution in [-0.4, -0.2) is 225 Å². The molecule has 14 N–H and O–H groups in total. The van der Waals surface area contributed by atoms with E-state index in [1.165, 1.54) is 50.7 Å². The Morgan fingerprint density at radius 1 is 0.818 bits per heavy atom. The smallest absolute Gasteiger partial charge is 0.364 e. The molecule has 0 aromatic heterocycles. The van der Waals surface area contributed by atoms with Crippen LogP contribution in [0.2, 0.25) is 0 Å². The number of anilines is 1. The second-order valence-corrected chi connectivity index (χ2v) is 22.2. The van der Waals surface area contributed by atoms with E-state index in [0.29, 0.717) is 17.2 Å². The largest absolute Gasteiger partial charge is 0.477 e. The number of amides is 1. The van der Waals surface area contributed by atoms with Gasteiger partial charge in [-0.05, 0) is 31.4 Å². The fourth-order valence-electron chi connectivity index (χ4n) is 10.1. The molecule has 3 fully saturated rings. The molecule has 0 bridgehead atoms. The number of hydrogen-bond acceptors (Lipinski definition) is 21. The van der Waals surface area contributed by atoms with Gasteiger partial charge in [0.2, 0.25) is 15.9 Å². The molecule has 0 saturated carbocycles. The van der Waals surface area contributed by atoms with E-state index in [9.17, 15) is 79.3 Å². The van der Waals surface area contributed by atoms with Gasteiger partial charge in [-0.3, -0.25) is 4.79 Å². The maximum Gasteiger partial charge on any atom is 0.364 e. The van der Waals surface area contributed by atoms with E-state index in [2.05, 4.69) is 17.0 Å². The van der Waals surface area contributed by atoms with Crippen LogP contribution in [0.25, 0.3) is 10.8 Å². The van der Waals surface area contributed by atoms with Gasteiger partial charge in [-0.1, -0.05) is 101 Å². The third-order valence-electron chi connectivity index (χ3n) is 14.5. The Kier molecular flexibility index (Phi) is 24.9. The summed E-state index contributed by atoms with van der Waals surface area (Å²) in [5.74, 6) is -5.55. The second kappa shape index (κ2) is 29.8. The van der Waals surface area contributed by atoms with Crippen LogP contribution < -0.4 is 14.9 Å². The number of carbonyl (C=O) groups excluding carboxylic acids is 1. The molecule has 24 nitrogen and oxygen atoms in total. The highest BCUT2D eigenvalue weighted by molar-refractivity contribution is 7.89. The summed E-state index contributed by atoms with van der Waals surface area (Å²) in [5, 5.41) is 134. The van der Waals surface area contributed by atoms with Crippen molar-refractivity contribution in [2.45, 2.75) is 212 Å². The Balaban J connectivity index is 1.32. The molecule has 0 aliphatic carbocycles. The Labute approximate surface area is 449 Å². The number of carboxylic acids is 1. The van der Waals surface area contributed by atoms with Gasteiger partial charge in [-0.2, -0.15) is 0 Å². The van der Waals surface area contributed by atoms with Crippen molar-refractivity contribution in [1.82, 2.24) is 10.0 Å². The third-order valence-corrected chi connectivity index (χ3v) is 16.0. The molecule has 77 heavy (non-hydrogen) atoms. The molecule has 0 unspecified atom stereocenters. The van der Waals surface area contributed by atoms with E-state index < -0.39 is 164 Å². The zero-order valence-electron chi connectivity index (χ0n) is 44.1. The fourth-order valence-corrected chi connectivity index (χ4v) is 11.6. The number of allylic oxidation sites excluding steroid dienone is 1. The number of ether oxygens (including phenoxy) is 5. The van der Waals surface area contributed by atoms with Gasteiger partial charge in [0.1, 0.15) is 67.1 Å². The first-order valence-corrected chi connectivity index (χ1v) is 28.0. The third kappa shape index (κ3) is 16.5. The van der Waals surface area contributed by atoms with Gasteiger partial charge < -0.3 is 95.2 Å². The predicted molar refractivity (Wildman–Crippen MR) is 276 cm³/mol. The highest BCUT2D eigenvalue weighted by atomic mass is 32.2. The molecule has 0 spiro atoms. The number of carboxylic acid groups (broad SMARTS) is 1. The van der Waals surface area contributed by atoms with E-state index in [1.54, 1.807) is 30.3 Å². The Morgan fingerprint density at radius 2 is 1.44 bits per heavy atom.